The molecular weight excluding hydrogens is 332 g/mol. The van der Waals surface area contributed by atoms with Crippen LogP contribution in [0.15, 0.2) is 6.07 Å². The Bertz CT molecular complexity index is 758. The normalized spacial score (nSPS) is 31.4. The Kier molecular flexibility index (Phi) is 4.02. The van der Waals surface area contributed by atoms with E-state index in [-0.39, 0.29) is 17.7 Å². The van der Waals surface area contributed by atoms with Gasteiger partial charge in [0.25, 0.3) is 0 Å². The van der Waals surface area contributed by atoms with Crippen LogP contribution in [0.25, 0.3) is 0 Å². The molecule has 3 unspecified atom stereocenters. The Balaban J connectivity index is 2.17. The zero-order valence-electron chi connectivity index (χ0n) is 14.2. The number of methoxy groups -OCH3 is 1. The minimum atomic E-state index is -2.13. The number of hydrogen-bond donors (Lipinski definition) is 3. The minimum Gasteiger partial charge on any atom is -0.507 e. The standard InChI is InChI=1S/C17H20O8/c1-4-24-16(2)6-8-13(19)12-11(15(21)17(8,22)7-25-16)9(18)5-10(23-3)14(12)20/h5,8,18,20,22H,4,6-7H2,1-3H3. The topological polar surface area (TPSA) is 123 Å². The molecule has 3 N–H and O–H groups in total. The van der Waals surface area contributed by atoms with Gasteiger partial charge in [-0.1, -0.05) is 0 Å². The smallest absolute Gasteiger partial charge is 0.202 e. The Morgan fingerprint density at radius 1 is 1.32 bits per heavy atom. The molecule has 1 aliphatic heterocycles. The molecule has 0 radical (unpaired) electrons. The molecule has 0 amide bonds. The van der Waals surface area contributed by atoms with Gasteiger partial charge in [-0.25, -0.2) is 0 Å². The van der Waals surface area contributed by atoms with Gasteiger partial charge in [-0.2, -0.15) is 0 Å². The Hall–Kier alpha value is -2.16. The molecular formula is C17H20O8. The van der Waals surface area contributed by atoms with Gasteiger partial charge in [0.1, 0.15) is 5.75 Å². The van der Waals surface area contributed by atoms with Crippen molar-refractivity contribution in [2.45, 2.75) is 31.7 Å². The number of aromatic hydroxyl groups is 2. The molecule has 1 aromatic rings. The number of aliphatic hydroxyl groups is 1. The molecule has 3 atom stereocenters. The van der Waals surface area contributed by atoms with E-state index in [2.05, 4.69) is 0 Å². The molecule has 0 bridgehead atoms. The summed E-state index contributed by atoms with van der Waals surface area (Å²) in [5.41, 5.74) is -2.90. The van der Waals surface area contributed by atoms with Crippen LogP contribution in [0.5, 0.6) is 17.2 Å². The Labute approximate surface area is 143 Å². The fraction of sp³-hybridized carbons (Fsp3) is 0.529. The molecule has 8 heteroatoms. The summed E-state index contributed by atoms with van der Waals surface area (Å²) >= 11 is 0. The second kappa shape index (κ2) is 5.69. The first kappa shape index (κ1) is 17.7. The molecule has 0 spiro atoms. The minimum absolute atomic E-state index is 0.0707. The van der Waals surface area contributed by atoms with Gasteiger partial charge in [-0.15, -0.1) is 0 Å². The highest BCUT2D eigenvalue weighted by Crippen LogP contribution is 2.49. The first-order valence-electron chi connectivity index (χ1n) is 7.90. The zero-order valence-corrected chi connectivity index (χ0v) is 14.2. The van der Waals surface area contributed by atoms with Gasteiger partial charge in [0.05, 0.1) is 30.8 Å². The second-order valence-corrected chi connectivity index (χ2v) is 6.43. The Morgan fingerprint density at radius 3 is 2.60 bits per heavy atom. The average Bonchev–Trinajstić information content (AvgIpc) is 2.56. The molecule has 25 heavy (non-hydrogen) atoms. The van der Waals surface area contributed by atoms with E-state index in [0.717, 1.165) is 6.07 Å². The number of phenolic OH excluding ortho intramolecular Hbond substituents is 2. The highest BCUT2D eigenvalue weighted by molar-refractivity contribution is 6.22. The van der Waals surface area contributed by atoms with Gasteiger partial charge < -0.3 is 29.5 Å². The van der Waals surface area contributed by atoms with Crippen molar-refractivity contribution in [3.8, 4) is 17.2 Å². The summed E-state index contributed by atoms with van der Waals surface area (Å²) in [6, 6.07) is 1.02. The van der Waals surface area contributed by atoms with Crippen LogP contribution in [0.3, 0.4) is 0 Å². The number of rotatable bonds is 3. The molecule has 1 aliphatic carbocycles. The quantitative estimate of drug-likeness (QED) is 0.689. The molecule has 1 saturated heterocycles. The summed E-state index contributed by atoms with van der Waals surface area (Å²) in [7, 11) is 1.26. The lowest BCUT2D eigenvalue weighted by Crippen LogP contribution is -2.63. The van der Waals surface area contributed by atoms with Gasteiger partial charge in [0.15, 0.2) is 28.7 Å². The van der Waals surface area contributed by atoms with Crippen LogP contribution in [0, 0.1) is 5.92 Å². The molecule has 3 rings (SSSR count). The van der Waals surface area contributed by atoms with E-state index in [4.69, 9.17) is 14.2 Å². The van der Waals surface area contributed by atoms with Gasteiger partial charge in [0, 0.05) is 19.1 Å². The van der Waals surface area contributed by atoms with Crippen molar-refractivity contribution < 1.29 is 39.1 Å². The van der Waals surface area contributed by atoms with E-state index in [0.29, 0.717) is 6.61 Å². The van der Waals surface area contributed by atoms with E-state index in [1.54, 1.807) is 13.8 Å². The van der Waals surface area contributed by atoms with Crippen LogP contribution in [-0.4, -0.2) is 58.6 Å². The number of carbonyl (C=O) groups is 2. The molecule has 8 nitrogen and oxygen atoms in total. The SMILES string of the molecule is CCOC1(C)CC2C(=O)c3c(O)c(OC)cc(O)c3C(=O)C2(O)CO1. The summed E-state index contributed by atoms with van der Waals surface area (Å²) in [6.45, 7) is 3.24. The molecule has 136 valence electrons. The summed E-state index contributed by atoms with van der Waals surface area (Å²) in [5.74, 6) is -5.08. The molecule has 0 saturated carbocycles. The van der Waals surface area contributed by atoms with Crippen molar-refractivity contribution in [2.75, 3.05) is 20.3 Å². The van der Waals surface area contributed by atoms with Crippen LogP contribution < -0.4 is 4.74 Å². The summed E-state index contributed by atoms with van der Waals surface area (Å²) < 4.78 is 15.9. The maximum Gasteiger partial charge on any atom is 0.202 e. The highest BCUT2D eigenvalue weighted by Gasteiger charge is 2.60. The summed E-state index contributed by atoms with van der Waals surface area (Å²) in [4.78, 5) is 25.8. The van der Waals surface area contributed by atoms with Crippen molar-refractivity contribution in [2.24, 2.45) is 5.92 Å². The summed E-state index contributed by atoms with van der Waals surface area (Å²) in [6.07, 6.45) is -0.0707. The van der Waals surface area contributed by atoms with Crippen LogP contribution in [0.1, 0.15) is 41.0 Å². The monoisotopic (exact) mass is 352 g/mol. The predicted octanol–water partition coefficient (Wildman–Crippen LogP) is 1.01. The number of Topliss-reactive ketones (excluding diaryl/α,β-unsaturated/α-hetero) is 2. The van der Waals surface area contributed by atoms with Crippen molar-refractivity contribution in [3.05, 3.63) is 17.2 Å². The molecule has 1 heterocycles. The second-order valence-electron chi connectivity index (χ2n) is 6.43. The lowest BCUT2D eigenvalue weighted by Gasteiger charge is -2.47. The number of ketones is 2. The molecule has 1 aromatic carbocycles. The van der Waals surface area contributed by atoms with Crippen LogP contribution >= 0.6 is 0 Å². The number of benzene rings is 1. The predicted molar refractivity (Wildman–Crippen MR) is 84.0 cm³/mol. The largest absolute Gasteiger partial charge is 0.507 e. The Morgan fingerprint density at radius 2 is 2.00 bits per heavy atom. The van der Waals surface area contributed by atoms with Crippen molar-refractivity contribution in [3.63, 3.8) is 0 Å². The highest BCUT2D eigenvalue weighted by atomic mass is 16.7. The van der Waals surface area contributed by atoms with Gasteiger partial charge in [0.2, 0.25) is 5.78 Å². The maximum absolute atomic E-state index is 13.0. The number of carbonyl (C=O) groups excluding carboxylic acids is 2. The van der Waals surface area contributed by atoms with Gasteiger partial charge in [-0.05, 0) is 13.8 Å². The third kappa shape index (κ3) is 2.40. The maximum atomic E-state index is 13.0. The van der Waals surface area contributed by atoms with E-state index in [1.807, 2.05) is 0 Å². The third-order valence-electron chi connectivity index (χ3n) is 4.85. The number of ether oxygens (including phenoxy) is 3. The average molecular weight is 352 g/mol. The molecule has 0 aromatic heterocycles. The van der Waals surface area contributed by atoms with Gasteiger partial charge >= 0.3 is 0 Å². The van der Waals surface area contributed by atoms with E-state index in [9.17, 15) is 24.9 Å². The van der Waals surface area contributed by atoms with E-state index in [1.165, 1.54) is 7.11 Å². The third-order valence-corrected chi connectivity index (χ3v) is 4.85. The number of phenols is 2. The fourth-order valence-corrected chi connectivity index (χ4v) is 3.55. The van der Waals surface area contributed by atoms with Crippen molar-refractivity contribution in [1.82, 2.24) is 0 Å². The van der Waals surface area contributed by atoms with Crippen LogP contribution in [-0.2, 0) is 9.47 Å². The first-order chi connectivity index (χ1) is 11.7. The summed E-state index contributed by atoms with van der Waals surface area (Å²) in [5, 5.41) is 31.3. The van der Waals surface area contributed by atoms with E-state index < -0.39 is 52.5 Å². The van der Waals surface area contributed by atoms with Crippen LogP contribution in [0.4, 0.5) is 0 Å². The van der Waals surface area contributed by atoms with Crippen LogP contribution in [0.2, 0.25) is 0 Å². The molecule has 2 aliphatic rings. The lowest BCUT2D eigenvalue weighted by atomic mass is 9.67. The fourth-order valence-electron chi connectivity index (χ4n) is 3.55. The first-order valence-corrected chi connectivity index (χ1v) is 7.90. The van der Waals surface area contributed by atoms with Crippen molar-refractivity contribution >= 4 is 11.6 Å². The van der Waals surface area contributed by atoms with Gasteiger partial charge in [-0.3, -0.25) is 9.59 Å². The molecule has 1 fully saturated rings. The number of hydrogen-bond acceptors (Lipinski definition) is 8. The lowest BCUT2D eigenvalue weighted by molar-refractivity contribution is -0.279. The zero-order chi connectivity index (χ0) is 18.6. The van der Waals surface area contributed by atoms with E-state index >= 15 is 0 Å². The van der Waals surface area contributed by atoms with Crippen molar-refractivity contribution in [1.29, 1.82) is 0 Å². The number of fused-ring (bicyclic) bond motifs is 2.